The Balaban J connectivity index is 1.31. The number of carbonyl (C=O) groups excluding carboxylic acids is 1. The number of carbonyl (C=O) groups is 1. The Morgan fingerprint density at radius 2 is 1.90 bits per heavy atom. The summed E-state index contributed by atoms with van der Waals surface area (Å²) in [4.78, 5) is 19.2. The molecule has 0 spiro atoms. The number of amides is 1. The van der Waals surface area contributed by atoms with Gasteiger partial charge in [0.15, 0.2) is 0 Å². The zero-order chi connectivity index (χ0) is 21.1. The van der Waals surface area contributed by atoms with Crippen molar-refractivity contribution in [1.82, 2.24) is 14.6 Å². The molecule has 30 heavy (non-hydrogen) atoms. The quantitative estimate of drug-likeness (QED) is 0.602. The molecule has 0 radical (unpaired) electrons. The van der Waals surface area contributed by atoms with Crippen molar-refractivity contribution < 1.29 is 13.2 Å². The van der Waals surface area contributed by atoms with Crippen LogP contribution in [0.25, 0.3) is 9.88 Å². The number of nitrogens with one attached hydrogen (secondary N) is 1. The molecule has 3 heterocycles. The molecule has 1 fully saturated rings. The lowest BCUT2D eigenvalue weighted by molar-refractivity contribution is 0.0944. The van der Waals surface area contributed by atoms with E-state index in [0.717, 1.165) is 28.4 Å². The van der Waals surface area contributed by atoms with Gasteiger partial charge >= 0.3 is 0 Å². The predicted molar refractivity (Wildman–Crippen MR) is 120 cm³/mol. The first-order valence-corrected chi connectivity index (χ1v) is 12.9. The maximum Gasteiger partial charge on any atom is 0.263 e. The van der Waals surface area contributed by atoms with Crippen LogP contribution in [0.1, 0.15) is 28.2 Å². The predicted octanol–water partition coefficient (Wildman–Crippen LogP) is 4.01. The van der Waals surface area contributed by atoms with Gasteiger partial charge in [-0.15, -0.1) is 22.7 Å². The Hall–Kier alpha value is -2.07. The molecule has 1 amide bonds. The van der Waals surface area contributed by atoms with E-state index in [1.165, 1.54) is 11.3 Å². The SMILES string of the molecule is Cc1nc(-c2cccs2)sc1C(=O)NCC1CCN(S(=O)(=O)c2ccccc2)CC1. The maximum absolute atomic E-state index is 12.7. The summed E-state index contributed by atoms with van der Waals surface area (Å²) in [6.45, 7) is 3.35. The number of sulfonamides is 1. The largest absolute Gasteiger partial charge is 0.351 e. The van der Waals surface area contributed by atoms with Crippen LogP contribution in [0.5, 0.6) is 0 Å². The third kappa shape index (κ3) is 4.49. The van der Waals surface area contributed by atoms with Crippen molar-refractivity contribution in [3.05, 3.63) is 58.4 Å². The molecule has 6 nitrogen and oxygen atoms in total. The van der Waals surface area contributed by atoms with Crippen LogP contribution in [0.15, 0.2) is 52.7 Å². The average Bonchev–Trinajstić information content (AvgIpc) is 3.43. The van der Waals surface area contributed by atoms with E-state index in [0.29, 0.717) is 29.4 Å². The van der Waals surface area contributed by atoms with E-state index in [4.69, 9.17) is 0 Å². The number of thiazole rings is 1. The summed E-state index contributed by atoms with van der Waals surface area (Å²) in [6, 6.07) is 12.5. The minimum absolute atomic E-state index is 0.104. The van der Waals surface area contributed by atoms with Gasteiger partial charge in [-0.05, 0) is 49.3 Å². The monoisotopic (exact) mass is 461 g/mol. The lowest BCUT2D eigenvalue weighted by atomic mass is 9.98. The molecule has 4 rings (SSSR count). The molecule has 9 heteroatoms. The van der Waals surface area contributed by atoms with Gasteiger partial charge in [0.25, 0.3) is 5.91 Å². The van der Waals surface area contributed by atoms with E-state index < -0.39 is 10.0 Å². The van der Waals surface area contributed by atoms with Crippen molar-refractivity contribution in [2.75, 3.05) is 19.6 Å². The van der Waals surface area contributed by atoms with Crippen LogP contribution >= 0.6 is 22.7 Å². The van der Waals surface area contributed by atoms with Gasteiger partial charge in [-0.1, -0.05) is 24.3 Å². The molecular weight excluding hydrogens is 438 g/mol. The number of benzene rings is 1. The van der Waals surface area contributed by atoms with E-state index in [9.17, 15) is 13.2 Å². The van der Waals surface area contributed by atoms with Gasteiger partial charge in [-0.25, -0.2) is 13.4 Å². The van der Waals surface area contributed by atoms with Crippen LogP contribution in [0.3, 0.4) is 0 Å². The van der Waals surface area contributed by atoms with E-state index in [1.54, 1.807) is 39.9 Å². The number of piperidine rings is 1. The Kier molecular flexibility index (Phi) is 6.33. The molecule has 1 N–H and O–H groups in total. The number of rotatable bonds is 6. The van der Waals surface area contributed by atoms with Crippen LogP contribution in [0, 0.1) is 12.8 Å². The maximum atomic E-state index is 12.7. The lowest BCUT2D eigenvalue weighted by Gasteiger charge is -2.31. The molecule has 3 aromatic rings. The minimum Gasteiger partial charge on any atom is -0.351 e. The third-order valence-electron chi connectivity index (χ3n) is 5.24. The van der Waals surface area contributed by atoms with Gasteiger partial charge in [0, 0.05) is 19.6 Å². The summed E-state index contributed by atoms with van der Waals surface area (Å²) in [5, 5.41) is 5.88. The van der Waals surface area contributed by atoms with E-state index in [2.05, 4.69) is 10.3 Å². The first kappa shape index (κ1) is 21.2. The molecule has 0 unspecified atom stereocenters. The molecule has 0 atom stereocenters. The highest BCUT2D eigenvalue weighted by molar-refractivity contribution is 7.89. The number of aryl methyl sites for hydroxylation is 1. The van der Waals surface area contributed by atoms with E-state index >= 15 is 0 Å². The minimum atomic E-state index is -3.44. The smallest absolute Gasteiger partial charge is 0.263 e. The highest BCUT2D eigenvalue weighted by Crippen LogP contribution is 2.31. The molecule has 0 aliphatic carbocycles. The Morgan fingerprint density at radius 1 is 1.17 bits per heavy atom. The second kappa shape index (κ2) is 8.97. The number of nitrogens with zero attached hydrogens (tertiary/aromatic N) is 2. The fourth-order valence-electron chi connectivity index (χ4n) is 3.53. The molecule has 1 aliphatic rings. The molecule has 2 aromatic heterocycles. The summed E-state index contributed by atoms with van der Waals surface area (Å²) in [6.07, 6.45) is 1.46. The topological polar surface area (TPSA) is 79.4 Å². The van der Waals surface area contributed by atoms with Crippen LogP contribution in [0.4, 0.5) is 0 Å². The summed E-state index contributed by atoms with van der Waals surface area (Å²) in [5.74, 6) is 0.160. The van der Waals surface area contributed by atoms with Crippen molar-refractivity contribution >= 4 is 38.6 Å². The van der Waals surface area contributed by atoms with Crippen molar-refractivity contribution in [2.24, 2.45) is 5.92 Å². The second-order valence-electron chi connectivity index (χ2n) is 7.28. The van der Waals surface area contributed by atoms with Gasteiger partial charge < -0.3 is 5.32 Å². The summed E-state index contributed by atoms with van der Waals surface area (Å²) in [5.41, 5.74) is 0.740. The highest BCUT2D eigenvalue weighted by Gasteiger charge is 2.29. The van der Waals surface area contributed by atoms with Crippen molar-refractivity contribution in [2.45, 2.75) is 24.7 Å². The third-order valence-corrected chi connectivity index (χ3v) is 9.35. The average molecular weight is 462 g/mol. The fraction of sp³-hybridized carbons (Fsp3) is 0.333. The van der Waals surface area contributed by atoms with Gasteiger partial charge in [0.2, 0.25) is 10.0 Å². The molecule has 0 bridgehead atoms. The highest BCUT2D eigenvalue weighted by atomic mass is 32.2. The molecule has 158 valence electrons. The molecule has 1 saturated heterocycles. The molecular formula is C21H23N3O3S3. The molecule has 1 aromatic carbocycles. The number of hydrogen-bond donors (Lipinski definition) is 1. The lowest BCUT2D eigenvalue weighted by Crippen LogP contribution is -2.41. The van der Waals surface area contributed by atoms with Crippen LogP contribution < -0.4 is 5.32 Å². The normalized spacial score (nSPS) is 15.9. The van der Waals surface area contributed by atoms with Crippen molar-refractivity contribution in [3.8, 4) is 9.88 Å². The number of aromatic nitrogens is 1. The summed E-state index contributed by atoms with van der Waals surface area (Å²) < 4.78 is 27.0. The Morgan fingerprint density at radius 3 is 2.57 bits per heavy atom. The van der Waals surface area contributed by atoms with Crippen LogP contribution in [0.2, 0.25) is 0 Å². The van der Waals surface area contributed by atoms with Crippen molar-refractivity contribution in [3.63, 3.8) is 0 Å². The zero-order valence-corrected chi connectivity index (χ0v) is 19.0. The van der Waals surface area contributed by atoms with Gasteiger partial charge in [-0.3, -0.25) is 4.79 Å². The zero-order valence-electron chi connectivity index (χ0n) is 16.6. The Bertz CT molecular complexity index is 1100. The van der Waals surface area contributed by atoms with E-state index in [1.807, 2.05) is 30.5 Å². The number of thiophene rings is 1. The fourth-order valence-corrected chi connectivity index (χ4v) is 6.80. The van der Waals surface area contributed by atoms with Gasteiger partial charge in [-0.2, -0.15) is 4.31 Å². The second-order valence-corrected chi connectivity index (χ2v) is 11.2. The van der Waals surface area contributed by atoms with Crippen LogP contribution in [-0.2, 0) is 10.0 Å². The summed E-state index contributed by atoms with van der Waals surface area (Å²) >= 11 is 3.02. The van der Waals surface area contributed by atoms with Gasteiger partial charge in [0.05, 0.1) is 15.5 Å². The first-order valence-electron chi connectivity index (χ1n) is 9.80. The van der Waals surface area contributed by atoms with Gasteiger partial charge in [0.1, 0.15) is 9.88 Å². The van der Waals surface area contributed by atoms with Crippen LogP contribution in [-0.4, -0.2) is 43.2 Å². The molecule has 1 aliphatic heterocycles. The first-order chi connectivity index (χ1) is 14.4. The Labute approximate surface area is 184 Å². The number of hydrogen-bond acceptors (Lipinski definition) is 6. The standard InChI is InChI=1S/C21H23N3O3S3/c1-15-19(29-21(23-15)18-8-5-13-28-18)20(25)22-14-16-9-11-24(12-10-16)30(26,27)17-6-3-2-4-7-17/h2-8,13,16H,9-12,14H2,1H3,(H,22,25). The van der Waals surface area contributed by atoms with E-state index in [-0.39, 0.29) is 11.8 Å². The van der Waals surface area contributed by atoms with Crippen molar-refractivity contribution in [1.29, 1.82) is 0 Å². The molecule has 0 saturated carbocycles. The summed E-state index contributed by atoms with van der Waals surface area (Å²) in [7, 11) is -3.44.